The van der Waals surface area contributed by atoms with Crippen molar-refractivity contribution in [2.75, 3.05) is 11.1 Å². The van der Waals surface area contributed by atoms with Gasteiger partial charge in [0, 0.05) is 15.7 Å². The molecule has 0 saturated heterocycles. The fourth-order valence-electron chi connectivity index (χ4n) is 2.64. The monoisotopic (exact) mass is 472 g/mol. The number of carbonyl (C=O) groups excluding carboxylic acids is 1. The zero-order valence-electron chi connectivity index (χ0n) is 14.9. The van der Waals surface area contributed by atoms with Crippen LogP contribution in [0.4, 0.5) is 10.1 Å². The van der Waals surface area contributed by atoms with Gasteiger partial charge in [-0.1, -0.05) is 51.1 Å². The normalized spacial score (nSPS) is 11.0. The highest BCUT2D eigenvalue weighted by Gasteiger charge is 2.15. The molecule has 0 saturated carbocycles. The molecule has 7 nitrogen and oxygen atoms in total. The Morgan fingerprint density at radius 3 is 2.72 bits per heavy atom. The molecule has 0 aliphatic heterocycles. The van der Waals surface area contributed by atoms with E-state index in [0.29, 0.717) is 27.4 Å². The first kappa shape index (κ1) is 19.5. The van der Waals surface area contributed by atoms with Crippen molar-refractivity contribution in [3.8, 4) is 0 Å². The second kappa shape index (κ2) is 8.66. The van der Waals surface area contributed by atoms with Gasteiger partial charge in [0.1, 0.15) is 17.2 Å². The minimum Gasteiger partial charge on any atom is -0.325 e. The summed E-state index contributed by atoms with van der Waals surface area (Å²) in [6.45, 7) is 0.203. The van der Waals surface area contributed by atoms with Crippen molar-refractivity contribution < 1.29 is 9.18 Å². The van der Waals surface area contributed by atoms with Crippen LogP contribution in [0.5, 0.6) is 0 Å². The number of anilines is 1. The highest BCUT2D eigenvalue weighted by atomic mass is 79.9. The SMILES string of the molecule is O=C(CSc1ncnc2c1nnn2Cc1ccccc1F)Nc1ccc(Br)cc1. The Hall–Kier alpha value is -2.85. The topological polar surface area (TPSA) is 85.6 Å². The third-order valence-electron chi connectivity index (χ3n) is 4.01. The Balaban J connectivity index is 1.47. The standard InChI is InChI=1S/C19H14BrFN6OS/c20-13-5-7-14(8-6-13)24-16(28)10-29-19-17-18(22-11-23-19)27(26-25-17)9-12-3-1-2-4-15(12)21/h1-8,11H,9-10H2,(H,24,28). The number of nitrogens with zero attached hydrogens (tertiary/aromatic N) is 5. The number of fused-ring (bicyclic) bond motifs is 1. The third-order valence-corrected chi connectivity index (χ3v) is 5.52. The van der Waals surface area contributed by atoms with Gasteiger partial charge in [0.2, 0.25) is 5.91 Å². The van der Waals surface area contributed by atoms with E-state index in [1.54, 1.807) is 18.2 Å². The van der Waals surface area contributed by atoms with E-state index >= 15 is 0 Å². The summed E-state index contributed by atoms with van der Waals surface area (Å²) in [7, 11) is 0. The predicted octanol–water partition coefficient (Wildman–Crippen LogP) is 3.90. The summed E-state index contributed by atoms with van der Waals surface area (Å²) < 4.78 is 16.4. The van der Waals surface area contributed by atoms with Crippen LogP contribution in [-0.4, -0.2) is 36.6 Å². The molecule has 0 radical (unpaired) electrons. The Kier molecular flexibility index (Phi) is 5.81. The lowest BCUT2D eigenvalue weighted by Crippen LogP contribution is -2.14. The van der Waals surface area contributed by atoms with Gasteiger partial charge in [-0.2, -0.15) is 0 Å². The number of thioether (sulfide) groups is 1. The Morgan fingerprint density at radius 2 is 1.93 bits per heavy atom. The highest BCUT2D eigenvalue weighted by Crippen LogP contribution is 2.23. The summed E-state index contributed by atoms with van der Waals surface area (Å²) in [5, 5.41) is 11.6. The Morgan fingerprint density at radius 1 is 1.14 bits per heavy atom. The average molecular weight is 473 g/mol. The summed E-state index contributed by atoms with van der Waals surface area (Å²) in [4.78, 5) is 20.6. The van der Waals surface area contributed by atoms with E-state index in [-0.39, 0.29) is 24.0 Å². The molecule has 0 atom stereocenters. The number of rotatable bonds is 6. The Bertz CT molecular complexity index is 1170. The van der Waals surface area contributed by atoms with Gasteiger partial charge in [0.25, 0.3) is 0 Å². The van der Waals surface area contributed by atoms with Crippen molar-refractivity contribution in [3.63, 3.8) is 0 Å². The predicted molar refractivity (Wildman–Crippen MR) is 112 cm³/mol. The summed E-state index contributed by atoms with van der Waals surface area (Å²) in [5.74, 6) is -0.324. The molecule has 29 heavy (non-hydrogen) atoms. The highest BCUT2D eigenvalue weighted by molar-refractivity contribution is 9.10. The number of nitrogens with one attached hydrogen (secondary N) is 1. The van der Waals surface area contributed by atoms with Gasteiger partial charge >= 0.3 is 0 Å². The fourth-order valence-corrected chi connectivity index (χ4v) is 3.63. The largest absolute Gasteiger partial charge is 0.325 e. The van der Waals surface area contributed by atoms with E-state index in [1.165, 1.54) is 28.8 Å². The van der Waals surface area contributed by atoms with Gasteiger partial charge in [-0.15, -0.1) is 5.10 Å². The molecule has 1 N–H and O–H groups in total. The van der Waals surface area contributed by atoms with Crippen LogP contribution >= 0.6 is 27.7 Å². The number of halogens is 2. The second-order valence-corrected chi connectivity index (χ2v) is 7.91. The van der Waals surface area contributed by atoms with Gasteiger partial charge in [-0.05, 0) is 30.3 Å². The van der Waals surface area contributed by atoms with Crippen LogP contribution in [0.15, 0.2) is 64.4 Å². The molecule has 0 fully saturated rings. The van der Waals surface area contributed by atoms with Crippen molar-refractivity contribution in [3.05, 3.63) is 70.7 Å². The number of hydrogen-bond acceptors (Lipinski definition) is 6. The molecule has 2 heterocycles. The second-order valence-electron chi connectivity index (χ2n) is 6.03. The molecule has 2 aromatic carbocycles. The lowest BCUT2D eigenvalue weighted by Gasteiger charge is -2.05. The van der Waals surface area contributed by atoms with E-state index in [2.05, 4.69) is 41.5 Å². The van der Waals surface area contributed by atoms with Crippen molar-refractivity contribution in [1.29, 1.82) is 0 Å². The number of carbonyl (C=O) groups is 1. The fraction of sp³-hybridized carbons (Fsp3) is 0.105. The molecule has 0 bridgehead atoms. The van der Waals surface area contributed by atoms with E-state index in [9.17, 15) is 9.18 Å². The number of benzene rings is 2. The number of aromatic nitrogens is 5. The Labute approximate surface area is 177 Å². The maximum absolute atomic E-state index is 13.9. The molecule has 4 aromatic rings. The van der Waals surface area contributed by atoms with Crippen molar-refractivity contribution >= 4 is 50.5 Å². The lowest BCUT2D eigenvalue weighted by molar-refractivity contribution is -0.113. The number of amides is 1. The molecule has 2 aromatic heterocycles. The van der Waals surface area contributed by atoms with E-state index in [0.717, 1.165) is 4.47 Å². The summed E-state index contributed by atoms with van der Waals surface area (Å²) in [6.07, 6.45) is 1.39. The number of hydrogen-bond donors (Lipinski definition) is 1. The summed E-state index contributed by atoms with van der Waals surface area (Å²) in [5.41, 5.74) is 2.16. The first-order valence-corrected chi connectivity index (χ1v) is 10.3. The summed E-state index contributed by atoms with van der Waals surface area (Å²) >= 11 is 4.60. The van der Waals surface area contributed by atoms with Gasteiger partial charge in [-0.3, -0.25) is 4.79 Å². The van der Waals surface area contributed by atoms with Crippen LogP contribution in [0.3, 0.4) is 0 Å². The average Bonchev–Trinajstić information content (AvgIpc) is 3.13. The van der Waals surface area contributed by atoms with Gasteiger partial charge in [-0.25, -0.2) is 19.0 Å². The van der Waals surface area contributed by atoms with Crippen LogP contribution in [-0.2, 0) is 11.3 Å². The summed E-state index contributed by atoms with van der Waals surface area (Å²) in [6, 6.07) is 13.8. The van der Waals surface area contributed by atoms with E-state index in [4.69, 9.17) is 0 Å². The van der Waals surface area contributed by atoms with Crippen molar-refractivity contribution in [2.24, 2.45) is 0 Å². The zero-order valence-corrected chi connectivity index (χ0v) is 17.3. The molecule has 0 aliphatic rings. The van der Waals surface area contributed by atoms with Crippen molar-refractivity contribution in [2.45, 2.75) is 11.6 Å². The van der Waals surface area contributed by atoms with E-state index < -0.39 is 0 Å². The minimum atomic E-state index is -0.315. The van der Waals surface area contributed by atoms with Crippen LogP contribution in [0, 0.1) is 5.82 Å². The van der Waals surface area contributed by atoms with Crippen molar-refractivity contribution in [1.82, 2.24) is 25.0 Å². The molecule has 1 amide bonds. The molecular formula is C19H14BrFN6OS. The smallest absolute Gasteiger partial charge is 0.234 e. The van der Waals surface area contributed by atoms with Crippen LogP contribution in [0.2, 0.25) is 0 Å². The molecule has 4 rings (SSSR count). The van der Waals surface area contributed by atoms with Gasteiger partial charge in [0.05, 0.1) is 12.3 Å². The minimum absolute atomic E-state index is 0.155. The molecule has 0 aliphatic carbocycles. The van der Waals surface area contributed by atoms with Crippen LogP contribution in [0.1, 0.15) is 5.56 Å². The van der Waals surface area contributed by atoms with Gasteiger partial charge in [0.15, 0.2) is 11.2 Å². The third kappa shape index (κ3) is 4.60. The first-order chi connectivity index (χ1) is 14.1. The maximum atomic E-state index is 13.9. The quantitative estimate of drug-likeness (QED) is 0.338. The molecular weight excluding hydrogens is 459 g/mol. The molecule has 10 heteroatoms. The molecule has 0 unspecified atom stereocenters. The van der Waals surface area contributed by atoms with Crippen LogP contribution < -0.4 is 5.32 Å². The van der Waals surface area contributed by atoms with Gasteiger partial charge < -0.3 is 5.32 Å². The van der Waals surface area contributed by atoms with E-state index in [1.807, 2.05) is 24.3 Å². The maximum Gasteiger partial charge on any atom is 0.234 e. The molecule has 146 valence electrons. The van der Waals surface area contributed by atoms with Crippen LogP contribution in [0.25, 0.3) is 11.2 Å². The lowest BCUT2D eigenvalue weighted by atomic mass is 10.2. The zero-order chi connectivity index (χ0) is 20.2. The molecule has 0 spiro atoms. The first-order valence-electron chi connectivity index (χ1n) is 8.56.